The molecule has 0 amide bonds. The summed E-state index contributed by atoms with van der Waals surface area (Å²) in [5.74, 6) is 0.842. The molecule has 1 saturated heterocycles. The van der Waals surface area contributed by atoms with E-state index in [1.165, 1.54) is 26.1 Å². The molecule has 1 aliphatic heterocycles. The van der Waals surface area contributed by atoms with Crippen molar-refractivity contribution in [2.24, 2.45) is 5.92 Å². The number of rotatable bonds is 8. The number of nitrogens with zero attached hydrogens (tertiary/aromatic N) is 2. The summed E-state index contributed by atoms with van der Waals surface area (Å²) in [6, 6.07) is 0.453. The molecule has 1 aliphatic rings. The van der Waals surface area contributed by atoms with E-state index in [-0.39, 0.29) is 0 Å². The molecule has 1 heterocycles. The van der Waals surface area contributed by atoms with Crippen molar-refractivity contribution in [3.05, 3.63) is 0 Å². The first-order valence-corrected chi connectivity index (χ1v) is 6.75. The van der Waals surface area contributed by atoms with Gasteiger partial charge in [-0.1, -0.05) is 6.92 Å². The van der Waals surface area contributed by atoms with Crippen molar-refractivity contribution in [1.82, 2.24) is 15.1 Å². The first-order chi connectivity index (χ1) is 8.15. The summed E-state index contributed by atoms with van der Waals surface area (Å²) in [6.45, 7) is 8.73. The Morgan fingerprint density at radius 3 is 2.82 bits per heavy atom. The van der Waals surface area contributed by atoms with Gasteiger partial charge in [-0.25, -0.2) is 0 Å². The maximum Gasteiger partial charge on any atom is 0.0628 e. The van der Waals surface area contributed by atoms with Crippen LogP contribution in [0.1, 0.15) is 13.3 Å². The van der Waals surface area contributed by atoms with Crippen LogP contribution in [-0.2, 0) is 4.74 Å². The number of hydrogen-bond donors (Lipinski definition) is 1. The zero-order valence-corrected chi connectivity index (χ0v) is 11.9. The fraction of sp³-hybridized carbons (Fsp3) is 1.00. The molecule has 17 heavy (non-hydrogen) atoms. The predicted octanol–water partition coefficient (Wildman–Crippen LogP) is 0.494. The molecule has 2 atom stereocenters. The van der Waals surface area contributed by atoms with Crippen molar-refractivity contribution in [3.63, 3.8) is 0 Å². The Morgan fingerprint density at radius 1 is 1.53 bits per heavy atom. The Morgan fingerprint density at radius 2 is 2.29 bits per heavy atom. The number of likely N-dealkylation sites (tertiary alicyclic amines) is 1. The minimum Gasteiger partial charge on any atom is -0.383 e. The molecule has 2 unspecified atom stereocenters. The summed E-state index contributed by atoms with van der Waals surface area (Å²) >= 11 is 0. The third kappa shape index (κ3) is 5.82. The van der Waals surface area contributed by atoms with E-state index in [4.69, 9.17) is 4.74 Å². The summed E-state index contributed by atoms with van der Waals surface area (Å²) in [4.78, 5) is 4.87. The topological polar surface area (TPSA) is 27.7 Å². The molecule has 0 saturated carbocycles. The van der Waals surface area contributed by atoms with E-state index in [0.717, 1.165) is 25.6 Å². The molecule has 1 fully saturated rings. The van der Waals surface area contributed by atoms with Gasteiger partial charge in [0.15, 0.2) is 0 Å². The van der Waals surface area contributed by atoms with Gasteiger partial charge in [-0.05, 0) is 39.5 Å². The van der Waals surface area contributed by atoms with Crippen molar-refractivity contribution >= 4 is 0 Å². The van der Waals surface area contributed by atoms with E-state index < -0.39 is 0 Å². The van der Waals surface area contributed by atoms with Crippen LogP contribution < -0.4 is 5.32 Å². The second-order valence-electron chi connectivity index (χ2n) is 5.35. The van der Waals surface area contributed by atoms with Gasteiger partial charge in [-0.2, -0.15) is 0 Å². The second kappa shape index (κ2) is 8.03. The van der Waals surface area contributed by atoms with Crippen LogP contribution in [0.15, 0.2) is 0 Å². The standard InChI is InChI=1S/C13H29N3O/c1-5-14-13(11-17-4)10-16(3)9-12-6-7-15(2)8-12/h12-14H,5-11H2,1-4H3. The van der Waals surface area contributed by atoms with Gasteiger partial charge in [0.1, 0.15) is 0 Å². The summed E-state index contributed by atoms with van der Waals surface area (Å²) < 4.78 is 5.25. The monoisotopic (exact) mass is 243 g/mol. The zero-order valence-electron chi connectivity index (χ0n) is 11.9. The van der Waals surface area contributed by atoms with E-state index in [2.05, 4.69) is 36.1 Å². The first-order valence-electron chi connectivity index (χ1n) is 6.75. The Hall–Kier alpha value is -0.160. The fourth-order valence-electron chi connectivity index (χ4n) is 2.73. The summed E-state index contributed by atoms with van der Waals surface area (Å²) in [6.07, 6.45) is 1.34. The number of likely N-dealkylation sites (N-methyl/N-ethyl adjacent to an activating group) is 2. The Balaban J connectivity index is 2.23. The summed E-state index contributed by atoms with van der Waals surface area (Å²) in [5, 5.41) is 3.47. The van der Waals surface area contributed by atoms with Crippen LogP contribution in [0.2, 0.25) is 0 Å². The Kier molecular flexibility index (Phi) is 7.04. The largest absolute Gasteiger partial charge is 0.383 e. The maximum atomic E-state index is 5.25. The Labute approximate surface area is 106 Å². The van der Waals surface area contributed by atoms with Crippen molar-refractivity contribution in [2.75, 3.05) is 60.5 Å². The van der Waals surface area contributed by atoms with Crippen LogP contribution in [0, 0.1) is 5.92 Å². The lowest BCUT2D eigenvalue weighted by Crippen LogP contribution is -2.43. The molecule has 0 aromatic rings. The highest BCUT2D eigenvalue weighted by atomic mass is 16.5. The van der Waals surface area contributed by atoms with Gasteiger partial charge in [-0.3, -0.25) is 0 Å². The van der Waals surface area contributed by atoms with E-state index in [1.54, 1.807) is 7.11 Å². The molecule has 4 heteroatoms. The lowest BCUT2D eigenvalue weighted by Gasteiger charge is -2.26. The number of nitrogens with one attached hydrogen (secondary N) is 1. The van der Waals surface area contributed by atoms with Gasteiger partial charge in [-0.15, -0.1) is 0 Å². The first kappa shape index (κ1) is 14.9. The van der Waals surface area contributed by atoms with E-state index in [0.29, 0.717) is 6.04 Å². The fourth-order valence-corrected chi connectivity index (χ4v) is 2.73. The highest BCUT2D eigenvalue weighted by Gasteiger charge is 2.21. The second-order valence-corrected chi connectivity index (χ2v) is 5.35. The highest BCUT2D eigenvalue weighted by Crippen LogP contribution is 2.15. The van der Waals surface area contributed by atoms with Gasteiger partial charge in [0.25, 0.3) is 0 Å². The Bertz CT molecular complexity index is 195. The molecule has 0 aromatic heterocycles. The van der Waals surface area contributed by atoms with Gasteiger partial charge in [0, 0.05) is 32.8 Å². The summed E-state index contributed by atoms with van der Waals surface area (Å²) in [7, 11) is 6.21. The summed E-state index contributed by atoms with van der Waals surface area (Å²) in [5.41, 5.74) is 0. The number of methoxy groups -OCH3 is 1. The van der Waals surface area contributed by atoms with Crippen LogP contribution in [-0.4, -0.2) is 76.4 Å². The lowest BCUT2D eigenvalue weighted by atomic mass is 10.1. The zero-order chi connectivity index (χ0) is 12.7. The average molecular weight is 243 g/mol. The lowest BCUT2D eigenvalue weighted by molar-refractivity contribution is 0.141. The third-order valence-electron chi connectivity index (χ3n) is 3.45. The molecular weight excluding hydrogens is 214 g/mol. The van der Waals surface area contributed by atoms with Gasteiger partial charge >= 0.3 is 0 Å². The molecule has 1 rings (SSSR count). The highest BCUT2D eigenvalue weighted by molar-refractivity contribution is 4.77. The molecule has 0 aromatic carbocycles. The molecule has 1 N–H and O–H groups in total. The smallest absolute Gasteiger partial charge is 0.0628 e. The quantitative estimate of drug-likeness (QED) is 0.672. The molecule has 0 radical (unpaired) electrons. The van der Waals surface area contributed by atoms with Crippen LogP contribution in [0.5, 0.6) is 0 Å². The van der Waals surface area contributed by atoms with Crippen molar-refractivity contribution < 1.29 is 4.74 Å². The van der Waals surface area contributed by atoms with E-state index in [1.807, 2.05) is 0 Å². The van der Waals surface area contributed by atoms with Crippen LogP contribution in [0.25, 0.3) is 0 Å². The van der Waals surface area contributed by atoms with Gasteiger partial charge in [0.05, 0.1) is 6.61 Å². The maximum absolute atomic E-state index is 5.25. The average Bonchev–Trinajstić information content (AvgIpc) is 2.64. The number of hydrogen-bond acceptors (Lipinski definition) is 4. The SMILES string of the molecule is CCNC(COC)CN(C)CC1CCN(C)C1. The predicted molar refractivity (Wildman–Crippen MR) is 72.4 cm³/mol. The van der Waals surface area contributed by atoms with Crippen molar-refractivity contribution in [3.8, 4) is 0 Å². The minimum atomic E-state index is 0.453. The van der Waals surface area contributed by atoms with Crippen molar-refractivity contribution in [1.29, 1.82) is 0 Å². The van der Waals surface area contributed by atoms with Crippen LogP contribution in [0.4, 0.5) is 0 Å². The number of ether oxygens (including phenoxy) is 1. The van der Waals surface area contributed by atoms with Crippen molar-refractivity contribution in [2.45, 2.75) is 19.4 Å². The van der Waals surface area contributed by atoms with Gasteiger partial charge in [0.2, 0.25) is 0 Å². The van der Waals surface area contributed by atoms with Gasteiger partial charge < -0.3 is 19.9 Å². The van der Waals surface area contributed by atoms with E-state index >= 15 is 0 Å². The van der Waals surface area contributed by atoms with Crippen LogP contribution in [0.3, 0.4) is 0 Å². The normalized spacial score (nSPS) is 23.5. The minimum absolute atomic E-state index is 0.453. The molecule has 4 nitrogen and oxygen atoms in total. The molecule has 0 aliphatic carbocycles. The molecular formula is C13H29N3O. The van der Waals surface area contributed by atoms with Crippen LogP contribution >= 0.6 is 0 Å². The third-order valence-corrected chi connectivity index (χ3v) is 3.45. The molecule has 0 spiro atoms. The van der Waals surface area contributed by atoms with E-state index in [9.17, 15) is 0 Å². The molecule has 102 valence electrons. The molecule has 0 bridgehead atoms.